The van der Waals surface area contributed by atoms with Crippen LogP contribution in [-0.4, -0.2) is 31.6 Å². The number of benzene rings is 1. The minimum absolute atomic E-state index is 0.176. The summed E-state index contributed by atoms with van der Waals surface area (Å²) >= 11 is 2.66. The first kappa shape index (κ1) is 32.1. The van der Waals surface area contributed by atoms with Gasteiger partial charge in [-0.15, -0.1) is 0 Å². The molecule has 0 bridgehead atoms. The first-order valence-electron chi connectivity index (χ1n) is 16.7. The molecule has 4 heteroatoms. The monoisotopic (exact) mass is 709 g/mol. The van der Waals surface area contributed by atoms with Crippen LogP contribution < -0.4 is 5.32 Å². The second kappa shape index (κ2) is 13.5. The van der Waals surface area contributed by atoms with Crippen molar-refractivity contribution in [1.29, 1.82) is 0 Å². The van der Waals surface area contributed by atoms with Crippen LogP contribution in [0.5, 0.6) is 0 Å². The van der Waals surface area contributed by atoms with E-state index < -0.39 is 0 Å². The third-order valence-electron chi connectivity index (χ3n) is 10.5. The Hall–Kier alpha value is -2.83. The molecule has 6 rings (SSSR count). The Morgan fingerprint density at radius 2 is 1.87 bits per heavy atom. The number of allylic oxidation sites excluding steroid dienone is 12. The van der Waals surface area contributed by atoms with Crippen molar-refractivity contribution in [2.45, 2.75) is 65.5 Å². The fourth-order valence-corrected chi connectivity index (χ4v) is 9.13. The molecule has 0 aromatic heterocycles. The van der Waals surface area contributed by atoms with Gasteiger partial charge < -0.3 is 5.32 Å². The van der Waals surface area contributed by atoms with E-state index in [2.05, 4.69) is 159 Å². The quantitative estimate of drug-likeness (QED) is 0.185. The molecule has 234 valence electrons. The Bertz CT molecular complexity index is 1600. The lowest BCUT2D eigenvalue weighted by Gasteiger charge is -2.48. The predicted octanol–water partition coefficient (Wildman–Crippen LogP) is 10.0. The van der Waals surface area contributed by atoms with Crippen molar-refractivity contribution in [3.05, 3.63) is 128 Å². The van der Waals surface area contributed by atoms with Crippen molar-refractivity contribution in [2.24, 2.45) is 39.1 Å². The van der Waals surface area contributed by atoms with Crippen LogP contribution in [0.25, 0.3) is 0 Å². The number of dihydropyridines is 1. The molecule has 0 saturated heterocycles. The second-order valence-electron chi connectivity index (χ2n) is 14.2. The molecule has 2 aliphatic heterocycles. The fraction of sp³-hybridized carbons (Fsp3) is 0.415. The number of aliphatic imine (C=N–C) groups is 2. The number of nitrogens with zero attached hydrogens (tertiary/aromatic N) is 2. The summed E-state index contributed by atoms with van der Waals surface area (Å²) in [5, 5.41) is 3.88. The van der Waals surface area contributed by atoms with Gasteiger partial charge in [0.15, 0.2) is 0 Å². The molecule has 7 unspecified atom stereocenters. The van der Waals surface area contributed by atoms with Gasteiger partial charge in [0.1, 0.15) is 0 Å². The van der Waals surface area contributed by atoms with Crippen LogP contribution in [0.2, 0.25) is 0 Å². The molecule has 1 aromatic carbocycles. The maximum atomic E-state index is 4.73. The van der Waals surface area contributed by atoms with Crippen LogP contribution in [-0.2, 0) is 0 Å². The largest absolute Gasteiger partial charge is 0.303 e. The zero-order valence-corrected chi connectivity index (χ0v) is 29.8. The average Bonchev–Trinajstić information content (AvgIpc) is 3.30. The van der Waals surface area contributed by atoms with Crippen LogP contribution in [0, 0.1) is 29.1 Å². The van der Waals surface area contributed by atoms with Crippen LogP contribution in [0.15, 0.2) is 127 Å². The van der Waals surface area contributed by atoms with Gasteiger partial charge in [0.25, 0.3) is 0 Å². The van der Waals surface area contributed by atoms with Crippen LogP contribution in [0.1, 0.15) is 70.5 Å². The van der Waals surface area contributed by atoms with Gasteiger partial charge in [-0.1, -0.05) is 106 Å². The van der Waals surface area contributed by atoms with E-state index in [-0.39, 0.29) is 17.5 Å². The van der Waals surface area contributed by atoms with Crippen molar-refractivity contribution >= 4 is 34.5 Å². The lowest BCUT2D eigenvalue weighted by molar-refractivity contribution is 0.272. The van der Waals surface area contributed by atoms with Gasteiger partial charge >= 0.3 is 0 Å². The highest BCUT2D eigenvalue weighted by Gasteiger charge is 2.46. The number of fused-ring (bicyclic) bond motifs is 3. The SMILES string of the molecule is C/C=C\C(=NC)C1=CCNC(C2=CC(c3ccc(C4CC=CC=N4)cc3)C3C=CC4CC(C(C)(C)C)=CC(I)=C4C3C2C)C=C1. The summed E-state index contributed by atoms with van der Waals surface area (Å²) < 4.78 is 1.46. The molecule has 0 spiro atoms. The number of halogens is 1. The molecule has 0 radical (unpaired) electrons. The maximum absolute atomic E-state index is 4.73. The van der Waals surface area contributed by atoms with Gasteiger partial charge in [-0.3, -0.25) is 9.98 Å². The highest BCUT2D eigenvalue weighted by molar-refractivity contribution is 14.1. The van der Waals surface area contributed by atoms with E-state index >= 15 is 0 Å². The highest BCUT2D eigenvalue weighted by atomic mass is 127. The summed E-state index contributed by atoms with van der Waals surface area (Å²) in [6.45, 7) is 12.4. The summed E-state index contributed by atoms with van der Waals surface area (Å²) in [5.74, 6) is 2.11. The van der Waals surface area contributed by atoms with Gasteiger partial charge in [-0.25, -0.2) is 0 Å². The van der Waals surface area contributed by atoms with E-state index in [1.54, 1.807) is 11.1 Å². The average molecular weight is 710 g/mol. The molecule has 3 nitrogen and oxygen atoms in total. The van der Waals surface area contributed by atoms with Gasteiger partial charge in [-0.05, 0) is 112 Å². The normalized spacial score (nSPS) is 31.8. The molecule has 45 heavy (non-hydrogen) atoms. The van der Waals surface area contributed by atoms with Crippen LogP contribution >= 0.6 is 22.6 Å². The maximum Gasteiger partial charge on any atom is 0.0783 e. The summed E-state index contributed by atoms with van der Waals surface area (Å²) in [6, 6.07) is 9.80. The number of nitrogens with one attached hydrogen (secondary N) is 1. The van der Waals surface area contributed by atoms with Crippen molar-refractivity contribution in [3.8, 4) is 0 Å². The van der Waals surface area contributed by atoms with Gasteiger partial charge in [-0.2, -0.15) is 0 Å². The number of rotatable bonds is 5. The van der Waals surface area contributed by atoms with Crippen molar-refractivity contribution in [3.63, 3.8) is 0 Å². The first-order chi connectivity index (χ1) is 21.7. The molecule has 1 aromatic rings. The molecule has 1 N–H and O–H groups in total. The van der Waals surface area contributed by atoms with E-state index in [0.717, 1.165) is 25.1 Å². The van der Waals surface area contributed by atoms with Crippen molar-refractivity contribution < 1.29 is 0 Å². The zero-order chi connectivity index (χ0) is 31.7. The molecular formula is C41H48IN3. The molecule has 7 atom stereocenters. The van der Waals surface area contributed by atoms with Gasteiger partial charge in [0.2, 0.25) is 0 Å². The third-order valence-corrected chi connectivity index (χ3v) is 11.4. The summed E-state index contributed by atoms with van der Waals surface area (Å²) in [5.41, 5.74) is 9.84. The fourth-order valence-electron chi connectivity index (χ4n) is 7.99. The first-order valence-corrected chi connectivity index (χ1v) is 17.8. The van der Waals surface area contributed by atoms with Crippen molar-refractivity contribution in [2.75, 3.05) is 13.6 Å². The smallest absolute Gasteiger partial charge is 0.0783 e. The summed E-state index contributed by atoms with van der Waals surface area (Å²) in [6.07, 6.45) is 29.7. The number of hydrogen-bond donors (Lipinski definition) is 1. The van der Waals surface area contributed by atoms with E-state index in [9.17, 15) is 0 Å². The summed E-state index contributed by atoms with van der Waals surface area (Å²) in [7, 11) is 1.88. The van der Waals surface area contributed by atoms with Crippen LogP contribution in [0.4, 0.5) is 0 Å². The minimum Gasteiger partial charge on any atom is -0.303 e. The summed E-state index contributed by atoms with van der Waals surface area (Å²) in [4.78, 5) is 9.29. The van der Waals surface area contributed by atoms with Gasteiger partial charge in [0, 0.05) is 41.3 Å². The van der Waals surface area contributed by atoms with E-state index in [1.807, 2.05) is 13.3 Å². The van der Waals surface area contributed by atoms with Crippen molar-refractivity contribution in [1.82, 2.24) is 5.32 Å². The molecular weight excluding hydrogens is 661 g/mol. The van der Waals surface area contributed by atoms with Crippen LogP contribution in [0.3, 0.4) is 0 Å². The standard InChI is InChI=1S/C41H48IN3/c1-7-10-36(43-6)29-17-19-38(45-22-20-29)33-25-34(27-12-14-28(15-13-27)37-11-8-9-21-44-37)32-18-16-30-23-31(41(3,4)5)24-35(42)40(30)39(32)26(33)2/h7-10,12-21,24-26,30,32,34,37-39,45H,11,22-23H2,1-6H3/b10-7-,43-36?. The lowest BCUT2D eigenvalue weighted by atomic mass is 9.57. The second-order valence-corrected chi connectivity index (χ2v) is 15.3. The van der Waals surface area contributed by atoms with E-state index in [1.165, 1.54) is 25.9 Å². The Morgan fingerprint density at radius 1 is 1.09 bits per heavy atom. The Labute approximate surface area is 284 Å². The molecule has 0 amide bonds. The molecule has 0 fully saturated rings. The predicted molar refractivity (Wildman–Crippen MR) is 201 cm³/mol. The zero-order valence-electron chi connectivity index (χ0n) is 27.7. The van der Waals surface area contributed by atoms with E-state index in [0.29, 0.717) is 29.6 Å². The third kappa shape index (κ3) is 6.55. The van der Waals surface area contributed by atoms with E-state index in [4.69, 9.17) is 4.99 Å². The van der Waals surface area contributed by atoms with Gasteiger partial charge in [0.05, 0.1) is 11.8 Å². The number of hydrogen-bond acceptors (Lipinski definition) is 3. The molecule has 3 aliphatic carbocycles. The highest BCUT2D eigenvalue weighted by Crippen LogP contribution is 2.56. The lowest BCUT2D eigenvalue weighted by Crippen LogP contribution is -2.42. The molecule has 0 saturated carbocycles. The Kier molecular flexibility index (Phi) is 9.63. The topological polar surface area (TPSA) is 36.8 Å². The molecule has 5 aliphatic rings. The molecule has 2 heterocycles. The minimum atomic E-state index is 0.176. The Morgan fingerprint density at radius 3 is 2.56 bits per heavy atom. The Balaban J connectivity index is 1.41.